The molecule has 2 rings (SSSR count). The van der Waals surface area contributed by atoms with Crippen LogP contribution in [0.3, 0.4) is 0 Å². The number of nitrogens with one attached hydrogen (secondary N) is 1. The van der Waals surface area contributed by atoms with Crippen molar-refractivity contribution in [3.8, 4) is 0 Å². The molecule has 0 radical (unpaired) electrons. The first kappa shape index (κ1) is 17.7. The molecule has 106 valence electrons. The normalized spacial score (nSPS) is 16.8. The number of rotatable bonds is 3. The Kier molecular flexibility index (Phi) is 8.61. The highest BCUT2D eigenvalue weighted by atomic mass is 35.5. The van der Waals surface area contributed by atoms with E-state index in [4.69, 9.17) is 4.42 Å². The molecular weight excluding hydrogens is 273 g/mol. The van der Waals surface area contributed by atoms with Crippen molar-refractivity contribution in [1.82, 2.24) is 15.2 Å². The molecule has 2 heterocycles. The van der Waals surface area contributed by atoms with Crippen LogP contribution in [0.2, 0.25) is 0 Å². The minimum Gasteiger partial charge on any atom is -0.448 e. The molecule has 4 nitrogen and oxygen atoms in total. The molecule has 0 unspecified atom stereocenters. The lowest BCUT2D eigenvalue weighted by Gasteiger charge is -2.17. The van der Waals surface area contributed by atoms with E-state index in [9.17, 15) is 0 Å². The minimum absolute atomic E-state index is 0. The van der Waals surface area contributed by atoms with E-state index in [1.807, 2.05) is 0 Å². The summed E-state index contributed by atoms with van der Waals surface area (Å²) in [6.07, 6.45) is 3.02. The fourth-order valence-electron chi connectivity index (χ4n) is 1.95. The van der Waals surface area contributed by atoms with Gasteiger partial charge in [0.25, 0.3) is 0 Å². The Hall–Kier alpha value is -0.290. The van der Waals surface area contributed by atoms with Crippen LogP contribution in [-0.2, 0) is 6.54 Å². The topological polar surface area (TPSA) is 41.3 Å². The third-order valence-electron chi connectivity index (χ3n) is 2.88. The quantitative estimate of drug-likeness (QED) is 0.930. The molecule has 0 spiro atoms. The van der Waals surface area contributed by atoms with E-state index in [0.29, 0.717) is 5.92 Å². The zero-order valence-electron chi connectivity index (χ0n) is 11.0. The molecule has 1 saturated heterocycles. The maximum atomic E-state index is 5.45. The van der Waals surface area contributed by atoms with Crippen molar-refractivity contribution in [2.24, 2.45) is 0 Å². The van der Waals surface area contributed by atoms with Gasteiger partial charge in [0.1, 0.15) is 6.26 Å². The summed E-state index contributed by atoms with van der Waals surface area (Å²) in [7, 11) is 0. The number of oxazole rings is 1. The van der Waals surface area contributed by atoms with E-state index < -0.39 is 0 Å². The predicted octanol–water partition coefficient (Wildman–Crippen LogP) is 2.44. The highest BCUT2D eigenvalue weighted by molar-refractivity contribution is 5.85. The summed E-state index contributed by atoms with van der Waals surface area (Å²) in [5.74, 6) is 1.22. The van der Waals surface area contributed by atoms with Gasteiger partial charge in [-0.25, -0.2) is 4.98 Å². The van der Waals surface area contributed by atoms with Crippen LogP contribution in [0.4, 0.5) is 0 Å². The summed E-state index contributed by atoms with van der Waals surface area (Å²) >= 11 is 0. The Bertz CT molecular complexity index is 323. The van der Waals surface area contributed by atoms with Crippen LogP contribution in [-0.4, -0.2) is 36.1 Å². The van der Waals surface area contributed by atoms with Crippen LogP contribution >= 0.6 is 24.8 Å². The average molecular weight is 296 g/mol. The Balaban J connectivity index is 0.00000144. The van der Waals surface area contributed by atoms with Crippen LogP contribution in [0.15, 0.2) is 10.7 Å². The Morgan fingerprint density at radius 3 is 2.78 bits per heavy atom. The third kappa shape index (κ3) is 5.14. The fourth-order valence-corrected chi connectivity index (χ4v) is 1.95. The molecule has 1 aliphatic rings. The van der Waals surface area contributed by atoms with E-state index >= 15 is 0 Å². The highest BCUT2D eigenvalue weighted by Gasteiger charge is 2.12. The van der Waals surface area contributed by atoms with E-state index in [1.165, 1.54) is 6.42 Å². The average Bonchev–Trinajstić information content (AvgIpc) is 2.56. The maximum absolute atomic E-state index is 5.45. The molecule has 0 atom stereocenters. The molecule has 1 fully saturated rings. The van der Waals surface area contributed by atoms with Gasteiger partial charge >= 0.3 is 0 Å². The maximum Gasteiger partial charge on any atom is 0.196 e. The van der Waals surface area contributed by atoms with Gasteiger partial charge < -0.3 is 9.73 Å². The molecule has 0 amide bonds. The lowest BCUT2D eigenvalue weighted by molar-refractivity contribution is 0.281. The summed E-state index contributed by atoms with van der Waals surface area (Å²) in [4.78, 5) is 6.94. The second kappa shape index (κ2) is 8.75. The summed E-state index contributed by atoms with van der Waals surface area (Å²) in [5.41, 5.74) is 1.06. The number of hydrogen-bond donors (Lipinski definition) is 1. The fraction of sp³-hybridized carbons (Fsp3) is 0.750. The van der Waals surface area contributed by atoms with Crippen molar-refractivity contribution >= 4 is 24.8 Å². The zero-order chi connectivity index (χ0) is 11.4. The van der Waals surface area contributed by atoms with E-state index in [0.717, 1.165) is 44.3 Å². The number of nitrogens with zero attached hydrogens (tertiary/aromatic N) is 2. The summed E-state index contributed by atoms with van der Waals surface area (Å²) in [6.45, 7) is 9.58. The smallest absolute Gasteiger partial charge is 0.196 e. The van der Waals surface area contributed by atoms with Crippen molar-refractivity contribution < 1.29 is 4.42 Å². The van der Waals surface area contributed by atoms with Crippen molar-refractivity contribution in [2.75, 3.05) is 26.2 Å². The lowest BCUT2D eigenvalue weighted by atomic mass is 10.2. The van der Waals surface area contributed by atoms with Gasteiger partial charge in [0.2, 0.25) is 0 Å². The first-order valence-electron chi connectivity index (χ1n) is 6.13. The van der Waals surface area contributed by atoms with Gasteiger partial charge in [0.05, 0.1) is 5.69 Å². The summed E-state index contributed by atoms with van der Waals surface area (Å²) < 4.78 is 5.45. The molecule has 1 aliphatic heterocycles. The second-order valence-electron chi connectivity index (χ2n) is 4.71. The second-order valence-corrected chi connectivity index (χ2v) is 4.71. The van der Waals surface area contributed by atoms with Crippen LogP contribution in [0.5, 0.6) is 0 Å². The Morgan fingerprint density at radius 2 is 2.11 bits per heavy atom. The van der Waals surface area contributed by atoms with Crippen molar-refractivity contribution in [2.45, 2.75) is 32.7 Å². The van der Waals surface area contributed by atoms with Crippen LogP contribution < -0.4 is 5.32 Å². The number of halogens is 2. The third-order valence-corrected chi connectivity index (χ3v) is 2.88. The van der Waals surface area contributed by atoms with Crippen LogP contribution in [0.1, 0.15) is 37.8 Å². The molecule has 1 N–H and O–H groups in total. The number of hydrogen-bond acceptors (Lipinski definition) is 4. The summed E-state index contributed by atoms with van der Waals surface area (Å²) in [5, 5.41) is 3.40. The van der Waals surface area contributed by atoms with E-state index in [-0.39, 0.29) is 24.8 Å². The van der Waals surface area contributed by atoms with Gasteiger partial charge in [0, 0.05) is 25.6 Å². The van der Waals surface area contributed by atoms with Gasteiger partial charge in [-0.1, -0.05) is 13.8 Å². The molecule has 18 heavy (non-hydrogen) atoms. The standard InChI is InChI=1S/C12H21N3O.2ClH/c1-10(2)12-14-11(9-16-12)8-15-6-3-4-13-5-7-15;;/h9-10,13H,3-8H2,1-2H3;2*1H. The molecule has 0 saturated carbocycles. The highest BCUT2D eigenvalue weighted by Crippen LogP contribution is 2.14. The van der Waals surface area contributed by atoms with E-state index in [1.54, 1.807) is 6.26 Å². The first-order chi connectivity index (χ1) is 7.75. The van der Waals surface area contributed by atoms with Crippen molar-refractivity contribution in [3.05, 3.63) is 17.8 Å². The first-order valence-corrected chi connectivity index (χ1v) is 6.13. The molecule has 1 aromatic rings. The van der Waals surface area contributed by atoms with Gasteiger partial charge in [-0.2, -0.15) is 0 Å². The molecule has 6 heteroatoms. The molecule has 1 aromatic heterocycles. The monoisotopic (exact) mass is 295 g/mol. The Morgan fingerprint density at radius 1 is 1.33 bits per heavy atom. The minimum atomic E-state index is 0. The molecule has 0 aliphatic carbocycles. The summed E-state index contributed by atoms with van der Waals surface area (Å²) in [6, 6.07) is 0. The van der Waals surface area contributed by atoms with Gasteiger partial charge in [-0.3, -0.25) is 4.90 Å². The van der Waals surface area contributed by atoms with Gasteiger partial charge in [-0.05, 0) is 19.5 Å². The SMILES string of the molecule is CC(C)c1nc(CN2CCCNCC2)co1.Cl.Cl. The van der Waals surface area contributed by atoms with Crippen molar-refractivity contribution in [3.63, 3.8) is 0 Å². The number of aromatic nitrogens is 1. The molecule has 0 bridgehead atoms. The largest absolute Gasteiger partial charge is 0.448 e. The zero-order valence-corrected chi connectivity index (χ0v) is 12.6. The van der Waals surface area contributed by atoms with Gasteiger partial charge in [-0.15, -0.1) is 24.8 Å². The predicted molar refractivity (Wildman–Crippen MR) is 77.9 cm³/mol. The molecular formula is C12H23Cl2N3O. The lowest BCUT2D eigenvalue weighted by Crippen LogP contribution is -2.27. The van der Waals surface area contributed by atoms with Crippen LogP contribution in [0, 0.1) is 0 Å². The molecule has 0 aromatic carbocycles. The Labute approximate surface area is 121 Å². The van der Waals surface area contributed by atoms with Crippen LogP contribution in [0.25, 0.3) is 0 Å². The van der Waals surface area contributed by atoms with E-state index in [2.05, 4.69) is 29.0 Å². The van der Waals surface area contributed by atoms with Gasteiger partial charge in [0.15, 0.2) is 5.89 Å². The van der Waals surface area contributed by atoms with Crippen molar-refractivity contribution in [1.29, 1.82) is 0 Å².